The van der Waals surface area contributed by atoms with E-state index < -0.39 is 17.0 Å². The van der Waals surface area contributed by atoms with E-state index in [0.717, 1.165) is 12.3 Å². The Morgan fingerprint density at radius 2 is 1.00 bits per heavy atom. The van der Waals surface area contributed by atoms with Gasteiger partial charge >= 0.3 is 159 Å². The zero-order valence-corrected chi connectivity index (χ0v) is 18.6. The number of rotatable bonds is 7. The van der Waals surface area contributed by atoms with Gasteiger partial charge in [-0.1, -0.05) is 0 Å². The van der Waals surface area contributed by atoms with Crippen LogP contribution in [0.1, 0.15) is 0 Å². The molecule has 0 aliphatic rings. The summed E-state index contributed by atoms with van der Waals surface area (Å²) in [5.41, 5.74) is 0. The molecule has 0 aromatic heterocycles. The van der Waals surface area contributed by atoms with Crippen molar-refractivity contribution < 1.29 is 0 Å². The molecular weight excluding hydrogens is 429 g/mol. The summed E-state index contributed by atoms with van der Waals surface area (Å²) in [4.78, 5) is 2.28. The van der Waals surface area contributed by atoms with E-state index in [-0.39, 0.29) is 0 Å². The standard InChI is InChI=1S/3C6H5.C4H11NS.Sn/c3*1-2-4-6-5-3-1;1-5(2)3-4-6;/h3*1-5H;6H,3-4H2,1-2H3;/q;;;;+1/p-1. The second kappa shape index (κ2) is 8.93. The minimum absolute atomic E-state index is 1.11. The van der Waals surface area contributed by atoms with Crippen molar-refractivity contribution >= 4 is 36.7 Å². The molecule has 0 saturated carbocycles. The molecule has 1 nitrogen and oxygen atoms in total. The maximum atomic E-state index is 2.35. The van der Waals surface area contributed by atoms with Crippen molar-refractivity contribution in [2.45, 2.75) is 0 Å². The third kappa shape index (κ3) is 4.30. The second-order valence-corrected chi connectivity index (χ2v) is 22.5. The van der Waals surface area contributed by atoms with E-state index in [1.807, 2.05) is 0 Å². The zero-order valence-electron chi connectivity index (χ0n) is 14.9. The molecule has 3 aromatic rings. The summed E-state index contributed by atoms with van der Waals surface area (Å²) in [5, 5.41) is 0. The van der Waals surface area contributed by atoms with E-state index in [9.17, 15) is 0 Å². The Morgan fingerprint density at radius 3 is 1.32 bits per heavy atom. The first-order valence-electron chi connectivity index (χ1n) is 8.69. The van der Waals surface area contributed by atoms with Gasteiger partial charge < -0.3 is 0 Å². The van der Waals surface area contributed by atoms with E-state index in [4.69, 9.17) is 0 Å². The molecule has 128 valence electrons. The van der Waals surface area contributed by atoms with Crippen LogP contribution in [-0.2, 0) is 0 Å². The quantitative estimate of drug-likeness (QED) is 0.506. The van der Waals surface area contributed by atoms with Crippen molar-refractivity contribution in [2.75, 3.05) is 26.4 Å². The van der Waals surface area contributed by atoms with Crippen molar-refractivity contribution in [3.63, 3.8) is 0 Å². The Bertz CT molecular complexity index is 663. The Kier molecular flexibility index (Phi) is 6.62. The fourth-order valence-corrected chi connectivity index (χ4v) is 23.4. The molecule has 0 radical (unpaired) electrons. The van der Waals surface area contributed by atoms with Crippen LogP contribution in [0, 0.1) is 0 Å². The third-order valence-corrected chi connectivity index (χ3v) is 25.2. The molecule has 3 heteroatoms. The molecule has 25 heavy (non-hydrogen) atoms. The van der Waals surface area contributed by atoms with Gasteiger partial charge in [0.2, 0.25) is 0 Å². The summed E-state index contributed by atoms with van der Waals surface area (Å²) in [5.74, 6) is 1.15. The summed E-state index contributed by atoms with van der Waals surface area (Å²) < 4.78 is 4.62. The van der Waals surface area contributed by atoms with Crippen molar-refractivity contribution in [3.05, 3.63) is 91.0 Å². The Hall–Kier alpha value is -1.23. The number of benzene rings is 3. The van der Waals surface area contributed by atoms with Gasteiger partial charge in [0.15, 0.2) is 0 Å². The SMILES string of the molecule is CN(C)CC[S][Sn]([c]1ccccc1)([c]1ccccc1)[c]1ccccc1. The summed E-state index contributed by atoms with van der Waals surface area (Å²) in [6.45, 7) is 1.11. The van der Waals surface area contributed by atoms with Crippen LogP contribution in [0.25, 0.3) is 0 Å². The third-order valence-electron chi connectivity index (χ3n) is 4.40. The van der Waals surface area contributed by atoms with Crippen molar-refractivity contribution in [1.82, 2.24) is 4.90 Å². The molecule has 0 heterocycles. The average molecular weight is 454 g/mol. The van der Waals surface area contributed by atoms with E-state index in [2.05, 4.69) is 119 Å². The van der Waals surface area contributed by atoms with E-state index >= 15 is 0 Å². The van der Waals surface area contributed by atoms with Crippen LogP contribution >= 0.6 is 8.95 Å². The topological polar surface area (TPSA) is 3.24 Å². The predicted molar refractivity (Wildman–Crippen MR) is 115 cm³/mol. The monoisotopic (exact) mass is 455 g/mol. The Morgan fingerprint density at radius 1 is 0.640 bits per heavy atom. The van der Waals surface area contributed by atoms with Gasteiger partial charge in [-0.3, -0.25) is 0 Å². The first-order chi connectivity index (χ1) is 12.2. The Balaban J connectivity index is 2.16. The molecular formula is C22H25NSSn. The fourth-order valence-electron chi connectivity index (χ4n) is 3.15. The van der Waals surface area contributed by atoms with Crippen LogP contribution in [0.15, 0.2) is 91.0 Å². The molecule has 0 fully saturated rings. The summed E-state index contributed by atoms with van der Waals surface area (Å²) in [7, 11) is 6.54. The zero-order chi connectivity index (χ0) is 17.5. The van der Waals surface area contributed by atoms with Crippen LogP contribution in [0.5, 0.6) is 0 Å². The van der Waals surface area contributed by atoms with Crippen LogP contribution in [0.4, 0.5) is 0 Å². The van der Waals surface area contributed by atoms with Crippen LogP contribution < -0.4 is 10.7 Å². The van der Waals surface area contributed by atoms with Crippen molar-refractivity contribution in [3.8, 4) is 0 Å². The summed E-state index contributed by atoms with van der Waals surface area (Å²) in [6, 6.07) is 33.6. The average Bonchev–Trinajstić information content (AvgIpc) is 2.67. The summed E-state index contributed by atoms with van der Waals surface area (Å²) in [6.07, 6.45) is 0. The molecule has 3 aromatic carbocycles. The van der Waals surface area contributed by atoms with Crippen LogP contribution in [0.2, 0.25) is 0 Å². The van der Waals surface area contributed by atoms with Gasteiger partial charge in [-0.2, -0.15) is 0 Å². The fraction of sp³-hybridized carbons (Fsp3) is 0.182. The van der Waals surface area contributed by atoms with Crippen LogP contribution in [-0.4, -0.2) is 48.3 Å². The van der Waals surface area contributed by atoms with Gasteiger partial charge in [-0.15, -0.1) is 0 Å². The number of hydrogen-bond donors (Lipinski definition) is 0. The van der Waals surface area contributed by atoms with E-state index in [1.165, 1.54) is 10.7 Å². The van der Waals surface area contributed by atoms with Gasteiger partial charge in [0, 0.05) is 0 Å². The number of hydrogen-bond acceptors (Lipinski definition) is 2. The molecule has 0 unspecified atom stereocenters. The molecule has 0 aliphatic heterocycles. The second-order valence-electron chi connectivity index (χ2n) is 6.43. The van der Waals surface area contributed by atoms with Gasteiger partial charge in [0.25, 0.3) is 0 Å². The van der Waals surface area contributed by atoms with E-state index in [1.54, 1.807) is 0 Å². The first kappa shape index (κ1) is 18.6. The van der Waals surface area contributed by atoms with Crippen LogP contribution in [0.3, 0.4) is 0 Å². The van der Waals surface area contributed by atoms with Crippen molar-refractivity contribution in [1.29, 1.82) is 0 Å². The minimum atomic E-state index is -3.08. The van der Waals surface area contributed by atoms with Gasteiger partial charge in [0.1, 0.15) is 0 Å². The molecule has 0 bridgehead atoms. The molecule has 3 rings (SSSR count). The molecule has 0 spiro atoms. The maximum absolute atomic E-state index is 3.08. The number of nitrogens with zero attached hydrogens (tertiary/aromatic N) is 1. The Labute approximate surface area is 158 Å². The molecule has 0 atom stereocenters. The predicted octanol–water partition coefficient (Wildman–Crippen LogP) is 2.95. The molecule has 0 saturated heterocycles. The molecule has 0 N–H and O–H groups in total. The van der Waals surface area contributed by atoms with Gasteiger partial charge in [0.05, 0.1) is 0 Å². The van der Waals surface area contributed by atoms with Crippen molar-refractivity contribution in [2.24, 2.45) is 0 Å². The van der Waals surface area contributed by atoms with Gasteiger partial charge in [-0.25, -0.2) is 0 Å². The molecule has 0 aliphatic carbocycles. The molecule has 0 amide bonds. The van der Waals surface area contributed by atoms with E-state index in [0.29, 0.717) is 0 Å². The summed E-state index contributed by atoms with van der Waals surface area (Å²) >= 11 is -3.08. The normalized spacial score (nSPS) is 11.6. The van der Waals surface area contributed by atoms with Gasteiger partial charge in [-0.05, 0) is 0 Å². The first-order valence-corrected chi connectivity index (χ1v) is 17.4.